The fourth-order valence-corrected chi connectivity index (χ4v) is 6.64. The van der Waals surface area contributed by atoms with E-state index in [-0.39, 0.29) is 12.5 Å². The van der Waals surface area contributed by atoms with Gasteiger partial charge in [0.25, 0.3) is 0 Å². The molecule has 4 heterocycles. The Morgan fingerprint density at radius 3 is 1.55 bits per heavy atom. The van der Waals surface area contributed by atoms with Crippen molar-refractivity contribution in [2.45, 2.75) is 56.6 Å². The standard InChI is InChI=1S/C27H34N2O2/c1-3-9-20(10-4-1)24-18-30-26-22(13-7-15-28(24)26)17-23-14-8-16-29-25(19-31-27(23)29)21-11-5-2-6-12-21/h1-6,9-12,22-27H,7-8,13-19H2/t22-,23+,24-,25-,26+,27+/m0/s1. The molecule has 4 fully saturated rings. The van der Waals surface area contributed by atoms with Crippen molar-refractivity contribution in [1.82, 2.24) is 9.80 Å². The van der Waals surface area contributed by atoms with E-state index >= 15 is 0 Å². The van der Waals surface area contributed by atoms with Crippen LogP contribution in [0, 0.1) is 11.8 Å². The maximum Gasteiger partial charge on any atom is 0.114 e. The zero-order valence-electron chi connectivity index (χ0n) is 18.3. The van der Waals surface area contributed by atoms with Crippen molar-refractivity contribution in [3.05, 3.63) is 71.8 Å². The molecule has 0 aliphatic carbocycles. The molecule has 6 rings (SSSR count). The normalized spacial score (nSPS) is 36.3. The number of fused-ring (bicyclic) bond motifs is 2. The molecule has 164 valence electrons. The Bertz CT molecular complexity index is 789. The summed E-state index contributed by atoms with van der Waals surface area (Å²) < 4.78 is 12.9. The summed E-state index contributed by atoms with van der Waals surface area (Å²) in [5.74, 6) is 1.23. The number of hydrogen-bond acceptors (Lipinski definition) is 4. The lowest BCUT2D eigenvalue weighted by Gasteiger charge is -2.43. The molecule has 0 N–H and O–H groups in total. The summed E-state index contributed by atoms with van der Waals surface area (Å²) in [5.41, 5.74) is 2.80. The first kappa shape index (κ1) is 19.9. The maximum absolute atomic E-state index is 6.45. The molecule has 0 spiro atoms. The van der Waals surface area contributed by atoms with Crippen LogP contribution in [-0.4, -0.2) is 48.6 Å². The zero-order chi connectivity index (χ0) is 20.6. The minimum atomic E-state index is 0.278. The van der Waals surface area contributed by atoms with Crippen LogP contribution in [-0.2, 0) is 9.47 Å². The first-order chi connectivity index (χ1) is 15.4. The molecule has 4 saturated heterocycles. The molecule has 2 aromatic rings. The van der Waals surface area contributed by atoms with Gasteiger partial charge in [-0.1, -0.05) is 60.7 Å². The van der Waals surface area contributed by atoms with E-state index in [0.717, 1.165) is 26.3 Å². The summed E-state index contributed by atoms with van der Waals surface area (Å²) in [4.78, 5) is 5.29. The molecule has 0 saturated carbocycles. The lowest BCUT2D eigenvalue weighted by atomic mass is 9.81. The Labute approximate surface area is 186 Å². The van der Waals surface area contributed by atoms with Gasteiger partial charge in [0.05, 0.1) is 25.3 Å². The largest absolute Gasteiger partial charge is 0.361 e. The van der Waals surface area contributed by atoms with Crippen LogP contribution in [0.3, 0.4) is 0 Å². The minimum Gasteiger partial charge on any atom is -0.361 e. The molecule has 0 amide bonds. The van der Waals surface area contributed by atoms with Gasteiger partial charge < -0.3 is 9.47 Å². The van der Waals surface area contributed by atoms with E-state index in [0.29, 0.717) is 23.9 Å². The fraction of sp³-hybridized carbons (Fsp3) is 0.556. The molecule has 0 aromatic heterocycles. The summed E-state index contributed by atoms with van der Waals surface area (Å²) >= 11 is 0. The third-order valence-electron chi connectivity index (χ3n) is 8.07. The van der Waals surface area contributed by atoms with Crippen molar-refractivity contribution in [3.8, 4) is 0 Å². The number of hydrogen-bond donors (Lipinski definition) is 0. The quantitative estimate of drug-likeness (QED) is 0.698. The van der Waals surface area contributed by atoms with Crippen molar-refractivity contribution < 1.29 is 9.47 Å². The second kappa shape index (κ2) is 8.67. The Hall–Kier alpha value is -1.72. The van der Waals surface area contributed by atoms with Crippen molar-refractivity contribution in [3.63, 3.8) is 0 Å². The maximum atomic E-state index is 6.45. The molecule has 4 aliphatic heterocycles. The predicted molar refractivity (Wildman–Crippen MR) is 121 cm³/mol. The molecular formula is C27H34N2O2. The highest BCUT2D eigenvalue weighted by Gasteiger charge is 2.46. The second-order valence-corrected chi connectivity index (χ2v) is 9.82. The molecule has 4 nitrogen and oxygen atoms in total. The Kier molecular flexibility index (Phi) is 5.57. The van der Waals surface area contributed by atoms with Crippen molar-refractivity contribution in [1.29, 1.82) is 0 Å². The van der Waals surface area contributed by atoms with Gasteiger partial charge in [0.2, 0.25) is 0 Å². The lowest BCUT2D eigenvalue weighted by Crippen LogP contribution is -2.47. The molecule has 31 heavy (non-hydrogen) atoms. The molecule has 0 bridgehead atoms. The van der Waals surface area contributed by atoms with Gasteiger partial charge in [-0.25, -0.2) is 0 Å². The highest BCUT2D eigenvalue weighted by atomic mass is 16.5. The van der Waals surface area contributed by atoms with Gasteiger partial charge in [0.15, 0.2) is 0 Å². The fourth-order valence-electron chi connectivity index (χ4n) is 6.64. The first-order valence-electron chi connectivity index (χ1n) is 12.2. The number of rotatable bonds is 4. The highest BCUT2D eigenvalue weighted by molar-refractivity contribution is 5.21. The van der Waals surface area contributed by atoms with Crippen molar-refractivity contribution in [2.75, 3.05) is 26.3 Å². The van der Waals surface area contributed by atoms with E-state index in [9.17, 15) is 0 Å². The molecule has 6 atom stereocenters. The van der Waals surface area contributed by atoms with E-state index in [4.69, 9.17) is 9.47 Å². The van der Waals surface area contributed by atoms with E-state index in [1.807, 2.05) is 0 Å². The monoisotopic (exact) mass is 418 g/mol. The smallest absolute Gasteiger partial charge is 0.114 e. The molecule has 4 aliphatic rings. The Balaban J connectivity index is 1.15. The molecule has 4 heteroatoms. The second-order valence-electron chi connectivity index (χ2n) is 9.82. The molecule has 2 aromatic carbocycles. The Morgan fingerprint density at radius 1 is 0.645 bits per heavy atom. The number of ether oxygens (including phenoxy) is 2. The van der Waals surface area contributed by atoms with Crippen LogP contribution in [0.5, 0.6) is 0 Å². The van der Waals surface area contributed by atoms with Crippen LogP contribution < -0.4 is 0 Å². The van der Waals surface area contributed by atoms with Crippen LogP contribution in [0.15, 0.2) is 60.7 Å². The highest BCUT2D eigenvalue weighted by Crippen LogP contribution is 2.45. The number of nitrogens with zero attached hydrogens (tertiary/aromatic N) is 2. The first-order valence-corrected chi connectivity index (χ1v) is 12.2. The number of piperidine rings is 2. The zero-order valence-corrected chi connectivity index (χ0v) is 18.3. The minimum absolute atomic E-state index is 0.278. The van der Waals surface area contributed by atoms with Gasteiger partial charge in [-0.05, 0) is 55.1 Å². The van der Waals surface area contributed by atoms with Crippen LogP contribution in [0.2, 0.25) is 0 Å². The predicted octanol–water partition coefficient (Wildman–Crippen LogP) is 5.00. The molecule has 0 unspecified atom stereocenters. The SMILES string of the molecule is c1ccc([C@@H]2CO[C@@H]3[C@@H](C[C@@H]4CCCN5[C@@H]4OC[C@H]5c4ccccc4)CCCN32)cc1. The third kappa shape index (κ3) is 3.74. The van der Waals surface area contributed by atoms with Crippen LogP contribution >= 0.6 is 0 Å². The van der Waals surface area contributed by atoms with Gasteiger partial charge in [0, 0.05) is 13.1 Å². The van der Waals surface area contributed by atoms with Gasteiger partial charge in [-0.3, -0.25) is 9.80 Å². The average Bonchev–Trinajstić information content (AvgIpc) is 3.46. The molecular weight excluding hydrogens is 384 g/mol. The van der Waals surface area contributed by atoms with Crippen molar-refractivity contribution in [2.24, 2.45) is 11.8 Å². The summed E-state index contributed by atoms with van der Waals surface area (Å²) in [5, 5.41) is 0. The van der Waals surface area contributed by atoms with Crippen LogP contribution in [0.25, 0.3) is 0 Å². The van der Waals surface area contributed by atoms with Gasteiger partial charge in [-0.15, -0.1) is 0 Å². The molecule has 0 radical (unpaired) electrons. The van der Waals surface area contributed by atoms with E-state index < -0.39 is 0 Å². The topological polar surface area (TPSA) is 24.9 Å². The summed E-state index contributed by atoms with van der Waals surface area (Å²) in [6, 6.07) is 22.7. The van der Waals surface area contributed by atoms with Crippen LogP contribution in [0.4, 0.5) is 0 Å². The van der Waals surface area contributed by atoms with Gasteiger partial charge >= 0.3 is 0 Å². The third-order valence-corrected chi connectivity index (χ3v) is 8.07. The van der Waals surface area contributed by atoms with Crippen LogP contribution in [0.1, 0.15) is 55.3 Å². The summed E-state index contributed by atoms with van der Waals surface area (Å²) in [6.45, 7) is 3.98. The average molecular weight is 419 g/mol. The Morgan fingerprint density at radius 2 is 1.10 bits per heavy atom. The van der Waals surface area contributed by atoms with Gasteiger partial charge in [0.1, 0.15) is 12.5 Å². The van der Waals surface area contributed by atoms with E-state index in [2.05, 4.69) is 70.5 Å². The number of benzene rings is 2. The van der Waals surface area contributed by atoms with Crippen molar-refractivity contribution >= 4 is 0 Å². The van der Waals surface area contributed by atoms with Gasteiger partial charge in [-0.2, -0.15) is 0 Å². The lowest BCUT2D eigenvalue weighted by molar-refractivity contribution is -0.0834. The van der Waals surface area contributed by atoms with E-state index in [1.54, 1.807) is 0 Å². The summed E-state index contributed by atoms with van der Waals surface area (Å²) in [7, 11) is 0. The summed E-state index contributed by atoms with van der Waals surface area (Å²) in [6.07, 6.45) is 6.92. The van der Waals surface area contributed by atoms with E-state index in [1.165, 1.54) is 43.2 Å².